The fourth-order valence-electron chi connectivity index (χ4n) is 8.19. The van der Waals surface area contributed by atoms with Crippen LogP contribution in [0.1, 0.15) is 49.9 Å². The second-order valence-electron chi connectivity index (χ2n) is 14.1. The van der Waals surface area contributed by atoms with Crippen molar-refractivity contribution in [3.05, 3.63) is 127 Å². The second kappa shape index (κ2) is 9.47. The van der Waals surface area contributed by atoms with E-state index < -0.39 is 32.1 Å². The van der Waals surface area contributed by atoms with Crippen LogP contribution in [0.25, 0.3) is 23.3 Å². The molecule has 0 aliphatic carbocycles. The second-order valence-corrected chi connectivity index (χ2v) is 14.1. The first-order valence-electron chi connectivity index (χ1n) is 15.8. The highest BCUT2D eigenvalue weighted by atomic mass is 16.6. The molecule has 4 aliphatic heterocycles. The zero-order valence-corrected chi connectivity index (χ0v) is 27.5. The number of nitro groups is 2. The number of non-ortho nitro benzene ring substituents is 2. The van der Waals surface area contributed by atoms with Crippen molar-refractivity contribution in [2.75, 3.05) is 23.9 Å². The number of hydrogen-bond acceptors (Lipinski definition) is 8. The van der Waals surface area contributed by atoms with Gasteiger partial charge in [0.1, 0.15) is 11.5 Å². The first-order valence-corrected chi connectivity index (χ1v) is 15.8. The molecule has 2 atom stereocenters. The van der Waals surface area contributed by atoms with Gasteiger partial charge in [0.2, 0.25) is 11.4 Å². The zero-order chi connectivity index (χ0) is 34.0. The third-order valence-electron chi connectivity index (χ3n) is 11.1. The van der Waals surface area contributed by atoms with Gasteiger partial charge in [-0.2, -0.15) is 0 Å². The predicted molar refractivity (Wildman–Crippen MR) is 186 cm³/mol. The molecule has 0 saturated carbocycles. The number of benzene rings is 4. The minimum atomic E-state index is -0.826. The van der Waals surface area contributed by atoms with Crippen molar-refractivity contribution >= 4 is 34.9 Å². The van der Waals surface area contributed by atoms with E-state index in [0.717, 1.165) is 33.6 Å². The summed E-state index contributed by atoms with van der Waals surface area (Å²) < 4.78 is 13.5. The Morgan fingerprint density at radius 1 is 0.583 bits per heavy atom. The Bertz CT molecular complexity index is 2020. The van der Waals surface area contributed by atoms with Crippen LogP contribution in [0.15, 0.2) is 84.9 Å². The molecule has 8 rings (SSSR count). The number of ether oxygens (including phenoxy) is 2. The standard InChI is InChI=1S/C38H34N4O6/c1-35(2)29-21-23(7-11-31(29)39(5)37(35)17-15-25-19-27(41(43)44)9-13-33(25)47-37)24-8-12-32-30(22-24)36(3,4)38(40(32)6)18-16-26-20-28(42(45)46)10-14-34(26)48-38/h7-22H,1-6H3. The van der Waals surface area contributed by atoms with E-state index in [1.54, 1.807) is 24.3 Å². The number of hydrogen-bond donors (Lipinski definition) is 0. The normalized spacial score (nSPS) is 23.3. The molecule has 2 unspecified atom stereocenters. The van der Waals surface area contributed by atoms with Crippen LogP contribution < -0.4 is 19.3 Å². The quantitative estimate of drug-likeness (QED) is 0.162. The zero-order valence-electron chi connectivity index (χ0n) is 27.5. The maximum absolute atomic E-state index is 11.4. The van der Waals surface area contributed by atoms with Gasteiger partial charge in [-0.3, -0.25) is 20.2 Å². The average Bonchev–Trinajstić information content (AvgIpc) is 3.33. The summed E-state index contributed by atoms with van der Waals surface area (Å²) in [6.07, 6.45) is 7.88. The van der Waals surface area contributed by atoms with E-state index >= 15 is 0 Å². The Balaban J connectivity index is 1.15. The summed E-state index contributed by atoms with van der Waals surface area (Å²) in [5, 5.41) is 22.7. The molecule has 0 amide bonds. The van der Waals surface area contributed by atoms with Crippen molar-refractivity contribution in [2.45, 2.75) is 50.0 Å². The number of nitrogens with zero attached hydrogens (tertiary/aromatic N) is 4. The van der Waals surface area contributed by atoms with Crippen LogP contribution in [0.3, 0.4) is 0 Å². The molecule has 242 valence electrons. The molecule has 2 spiro atoms. The van der Waals surface area contributed by atoms with Crippen LogP contribution in [0.5, 0.6) is 11.5 Å². The largest absolute Gasteiger partial charge is 0.463 e. The van der Waals surface area contributed by atoms with Gasteiger partial charge in [-0.05, 0) is 111 Å². The van der Waals surface area contributed by atoms with Crippen molar-refractivity contribution in [1.82, 2.24) is 0 Å². The summed E-state index contributed by atoms with van der Waals surface area (Å²) >= 11 is 0. The van der Waals surface area contributed by atoms with Gasteiger partial charge in [-0.1, -0.05) is 12.1 Å². The van der Waals surface area contributed by atoms with Crippen molar-refractivity contribution in [3.63, 3.8) is 0 Å². The van der Waals surface area contributed by atoms with E-state index in [4.69, 9.17) is 9.47 Å². The van der Waals surface area contributed by atoms with E-state index in [-0.39, 0.29) is 11.4 Å². The topological polar surface area (TPSA) is 111 Å². The third-order valence-corrected chi connectivity index (χ3v) is 11.1. The Kier molecular flexibility index (Phi) is 5.87. The maximum Gasteiger partial charge on any atom is 0.270 e. The fraction of sp³-hybridized carbons (Fsp3) is 0.263. The molecule has 0 aromatic heterocycles. The third kappa shape index (κ3) is 3.68. The van der Waals surface area contributed by atoms with Crippen molar-refractivity contribution in [1.29, 1.82) is 0 Å². The van der Waals surface area contributed by atoms with Gasteiger partial charge in [0.15, 0.2) is 0 Å². The molecule has 0 bridgehead atoms. The average molecular weight is 643 g/mol. The van der Waals surface area contributed by atoms with Gasteiger partial charge in [0.05, 0.1) is 20.7 Å². The van der Waals surface area contributed by atoms with Gasteiger partial charge in [0.25, 0.3) is 11.4 Å². The lowest BCUT2D eigenvalue weighted by molar-refractivity contribution is -0.385. The Morgan fingerprint density at radius 3 is 1.35 bits per heavy atom. The number of rotatable bonds is 3. The summed E-state index contributed by atoms with van der Waals surface area (Å²) in [5.41, 5.74) is 5.33. The molecule has 10 nitrogen and oxygen atoms in total. The van der Waals surface area contributed by atoms with Gasteiger partial charge >= 0.3 is 0 Å². The molecule has 4 aromatic carbocycles. The molecule has 0 saturated heterocycles. The summed E-state index contributed by atoms with van der Waals surface area (Å²) in [4.78, 5) is 26.2. The highest BCUT2D eigenvalue weighted by Crippen LogP contribution is 2.57. The van der Waals surface area contributed by atoms with Gasteiger partial charge in [0, 0.05) is 60.9 Å². The van der Waals surface area contributed by atoms with E-state index in [9.17, 15) is 20.2 Å². The summed E-state index contributed by atoms with van der Waals surface area (Å²) in [6, 6.07) is 22.4. The van der Waals surface area contributed by atoms with E-state index in [1.165, 1.54) is 12.1 Å². The van der Waals surface area contributed by atoms with Crippen LogP contribution in [0, 0.1) is 20.2 Å². The van der Waals surface area contributed by atoms with Crippen LogP contribution in [-0.2, 0) is 10.8 Å². The van der Waals surface area contributed by atoms with Crippen LogP contribution in [0.4, 0.5) is 22.7 Å². The molecule has 0 N–H and O–H groups in total. The summed E-state index contributed by atoms with van der Waals surface area (Å²) in [7, 11) is 4.05. The van der Waals surface area contributed by atoms with Crippen molar-refractivity contribution < 1.29 is 19.3 Å². The lowest BCUT2D eigenvalue weighted by Gasteiger charge is -2.45. The molecule has 4 heterocycles. The predicted octanol–water partition coefficient (Wildman–Crippen LogP) is 8.23. The maximum atomic E-state index is 11.4. The van der Waals surface area contributed by atoms with Crippen molar-refractivity contribution in [2.24, 2.45) is 0 Å². The van der Waals surface area contributed by atoms with Gasteiger partial charge < -0.3 is 19.3 Å². The molecule has 4 aromatic rings. The SMILES string of the molecule is CN1c2ccc(-c3ccc4c(c3)C(C)(C)C3(C=Cc5cc([N+](=O)[O-])ccc5O3)N4C)cc2C(C)(C)C12C=Cc1cc([N+](=O)[O-])ccc1O2. The summed E-state index contributed by atoms with van der Waals surface area (Å²) in [6.45, 7) is 8.68. The number of nitro benzene ring substituents is 2. The van der Waals surface area contributed by atoms with Crippen LogP contribution >= 0.6 is 0 Å². The highest BCUT2D eigenvalue weighted by molar-refractivity contribution is 5.80. The minimum absolute atomic E-state index is 0.0294. The molecule has 0 fully saturated rings. The van der Waals surface area contributed by atoms with Gasteiger partial charge in [-0.15, -0.1) is 0 Å². The van der Waals surface area contributed by atoms with Crippen molar-refractivity contribution in [3.8, 4) is 22.6 Å². The molecule has 0 radical (unpaired) electrons. The first kappa shape index (κ1) is 29.7. The number of likely N-dealkylation sites (N-methyl/N-ethyl adjacent to an activating group) is 2. The Hall–Kier alpha value is -5.64. The van der Waals surface area contributed by atoms with E-state index in [2.05, 4.69) is 73.9 Å². The highest BCUT2D eigenvalue weighted by Gasteiger charge is 2.59. The minimum Gasteiger partial charge on any atom is -0.463 e. The lowest BCUT2D eigenvalue weighted by atomic mass is 9.75. The molecule has 10 heteroatoms. The molecule has 48 heavy (non-hydrogen) atoms. The lowest BCUT2D eigenvalue weighted by Crippen LogP contribution is -2.58. The van der Waals surface area contributed by atoms with E-state index in [1.807, 2.05) is 38.4 Å². The van der Waals surface area contributed by atoms with Crippen LogP contribution in [0.2, 0.25) is 0 Å². The molecule has 4 aliphatic rings. The fourth-order valence-corrected chi connectivity index (χ4v) is 8.19. The van der Waals surface area contributed by atoms with E-state index in [0.29, 0.717) is 22.6 Å². The number of fused-ring (bicyclic) bond motifs is 4. The summed E-state index contributed by atoms with van der Waals surface area (Å²) in [5.74, 6) is 1.21. The Labute approximate surface area is 277 Å². The number of anilines is 2. The molecular formula is C38H34N4O6. The molecular weight excluding hydrogens is 608 g/mol. The monoisotopic (exact) mass is 642 g/mol. The smallest absolute Gasteiger partial charge is 0.270 e. The Morgan fingerprint density at radius 2 is 0.979 bits per heavy atom. The first-order chi connectivity index (χ1) is 22.7. The van der Waals surface area contributed by atoms with Crippen LogP contribution in [-0.4, -0.2) is 35.4 Å². The van der Waals surface area contributed by atoms with Gasteiger partial charge in [-0.25, -0.2) is 0 Å².